The minimum atomic E-state index is 0.411. The summed E-state index contributed by atoms with van der Waals surface area (Å²) in [7, 11) is 4.02. The van der Waals surface area contributed by atoms with Crippen molar-refractivity contribution in [1.82, 2.24) is 14.7 Å². The van der Waals surface area contributed by atoms with Crippen molar-refractivity contribution in [2.75, 3.05) is 66.5 Å². The van der Waals surface area contributed by atoms with Gasteiger partial charge in [0.1, 0.15) is 0 Å². The lowest BCUT2D eigenvalue weighted by molar-refractivity contribution is 0.00860. The van der Waals surface area contributed by atoms with E-state index in [1.165, 1.54) is 32.7 Å². The van der Waals surface area contributed by atoms with Crippen LogP contribution in [0.15, 0.2) is 0 Å². The maximum atomic E-state index is 5.92. The van der Waals surface area contributed by atoms with E-state index in [9.17, 15) is 0 Å². The first-order chi connectivity index (χ1) is 9.22. The van der Waals surface area contributed by atoms with Gasteiger partial charge in [-0.05, 0) is 19.9 Å². The molecule has 0 aromatic carbocycles. The summed E-state index contributed by atoms with van der Waals surface area (Å²) >= 11 is 0. The first kappa shape index (κ1) is 15.2. The number of piperazine rings is 1. The molecule has 0 spiro atoms. The van der Waals surface area contributed by atoms with Gasteiger partial charge >= 0.3 is 0 Å². The quantitative estimate of drug-likeness (QED) is 0.741. The lowest BCUT2D eigenvalue weighted by atomic mass is 9.99. The van der Waals surface area contributed by atoms with Crippen LogP contribution in [0.25, 0.3) is 0 Å². The molecule has 2 rings (SSSR count). The van der Waals surface area contributed by atoms with Crippen LogP contribution in [0.5, 0.6) is 0 Å². The topological polar surface area (TPSA) is 45.0 Å². The summed E-state index contributed by atoms with van der Waals surface area (Å²) in [6.45, 7) is 9.04. The molecule has 2 N–H and O–H groups in total. The largest absolute Gasteiger partial charge is 0.381 e. The lowest BCUT2D eigenvalue weighted by Gasteiger charge is -2.40. The van der Waals surface area contributed by atoms with Gasteiger partial charge in [-0.25, -0.2) is 0 Å². The van der Waals surface area contributed by atoms with Crippen LogP contribution in [0.3, 0.4) is 0 Å². The minimum Gasteiger partial charge on any atom is -0.381 e. The third-order valence-electron chi connectivity index (χ3n) is 4.69. The second-order valence-electron chi connectivity index (χ2n) is 5.95. The van der Waals surface area contributed by atoms with E-state index in [0.717, 1.165) is 32.5 Å². The molecule has 2 heterocycles. The van der Waals surface area contributed by atoms with E-state index in [2.05, 4.69) is 21.7 Å². The van der Waals surface area contributed by atoms with Crippen molar-refractivity contribution in [3.05, 3.63) is 0 Å². The molecule has 0 bridgehead atoms. The van der Waals surface area contributed by atoms with Gasteiger partial charge in [0.05, 0.1) is 6.10 Å². The molecule has 0 aromatic heterocycles. The van der Waals surface area contributed by atoms with Crippen LogP contribution in [0, 0.1) is 0 Å². The molecule has 2 atom stereocenters. The van der Waals surface area contributed by atoms with Gasteiger partial charge < -0.3 is 15.4 Å². The highest BCUT2D eigenvalue weighted by atomic mass is 16.5. The Morgan fingerprint density at radius 1 is 1.11 bits per heavy atom. The predicted octanol–water partition coefficient (Wildman–Crippen LogP) is -0.328. The van der Waals surface area contributed by atoms with Gasteiger partial charge in [-0.15, -0.1) is 0 Å². The highest BCUT2D eigenvalue weighted by Gasteiger charge is 2.27. The predicted molar refractivity (Wildman–Crippen MR) is 78.4 cm³/mol. The first-order valence-corrected chi connectivity index (χ1v) is 7.60. The average Bonchev–Trinajstić information content (AvgIpc) is 2.46. The lowest BCUT2D eigenvalue weighted by Crippen LogP contribution is -2.52. The Morgan fingerprint density at radius 2 is 1.84 bits per heavy atom. The zero-order chi connectivity index (χ0) is 13.7. The van der Waals surface area contributed by atoms with E-state index in [1.807, 2.05) is 7.11 Å². The first-order valence-electron chi connectivity index (χ1n) is 7.60. The van der Waals surface area contributed by atoms with Crippen LogP contribution in [-0.2, 0) is 4.74 Å². The van der Waals surface area contributed by atoms with E-state index in [4.69, 9.17) is 10.5 Å². The van der Waals surface area contributed by atoms with Crippen molar-refractivity contribution >= 4 is 0 Å². The van der Waals surface area contributed by atoms with Gasteiger partial charge in [0, 0.05) is 65.5 Å². The number of nitrogens with zero attached hydrogens (tertiary/aromatic N) is 3. The fourth-order valence-electron chi connectivity index (χ4n) is 3.16. The SMILES string of the molecule is COC1CCN(CCN2CCN(C)CC2)C(CN)C1. The molecule has 19 heavy (non-hydrogen) atoms. The third-order valence-corrected chi connectivity index (χ3v) is 4.69. The Hall–Kier alpha value is -0.200. The van der Waals surface area contributed by atoms with E-state index in [0.29, 0.717) is 12.1 Å². The molecule has 5 nitrogen and oxygen atoms in total. The number of hydrogen-bond donors (Lipinski definition) is 1. The summed E-state index contributed by atoms with van der Waals surface area (Å²) in [6, 6.07) is 0.506. The Labute approximate surface area is 117 Å². The zero-order valence-corrected chi connectivity index (χ0v) is 12.6. The Kier molecular flexibility index (Phi) is 6.04. The van der Waals surface area contributed by atoms with Crippen molar-refractivity contribution < 1.29 is 4.74 Å². The molecule has 0 aliphatic carbocycles. The fraction of sp³-hybridized carbons (Fsp3) is 1.00. The Morgan fingerprint density at radius 3 is 2.47 bits per heavy atom. The molecule has 2 aliphatic rings. The van der Waals surface area contributed by atoms with Crippen LogP contribution in [0.1, 0.15) is 12.8 Å². The minimum absolute atomic E-state index is 0.411. The van der Waals surface area contributed by atoms with Crippen molar-refractivity contribution in [2.45, 2.75) is 25.0 Å². The van der Waals surface area contributed by atoms with Gasteiger partial charge in [-0.2, -0.15) is 0 Å². The molecule has 2 aliphatic heterocycles. The zero-order valence-electron chi connectivity index (χ0n) is 12.6. The van der Waals surface area contributed by atoms with Crippen molar-refractivity contribution in [3.8, 4) is 0 Å². The number of likely N-dealkylation sites (tertiary alicyclic amines) is 1. The van der Waals surface area contributed by atoms with Gasteiger partial charge in [-0.1, -0.05) is 0 Å². The molecule has 0 radical (unpaired) electrons. The summed E-state index contributed by atoms with van der Waals surface area (Å²) in [5.74, 6) is 0. The Bertz CT molecular complexity index is 256. The van der Waals surface area contributed by atoms with Gasteiger partial charge in [0.2, 0.25) is 0 Å². The normalized spacial score (nSPS) is 31.7. The van der Waals surface area contributed by atoms with Crippen LogP contribution in [0.2, 0.25) is 0 Å². The number of piperidine rings is 1. The number of likely N-dealkylation sites (N-methyl/N-ethyl adjacent to an activating group) is 1. The Balaban J connectivity index is 1.72. The maximum Gasteiger partial charge on any atom is 0.0599 e. The number of rotatable bonds is 5. The molecular formula is C14H30N4O. The highest BCUT2D eigenvalue weighted by molar-refractivity contribution is 4.83. The van der Waals surface area contributed by atoms with E-state index >= 15 is 0 Å². The van der Waals surface area contributed by atoms with Crippen molar-refractivity contribution in [1.29, 1.82) is 0 Å². The highest BCUT2D eigenvalue weighted by Crippen LogP contribution is 2.18. The molecule has 0 aromatic rings. The second kappa shape index (κ2) is 7.55. The van der Waals surface area contributed by atoms with Crippen LogP contribution >= 0.6 is 0 Å². The molecule has 2 fully saturated rings. The third kappa shape index (κ3) is 4.39. The maximum absolute atomic E-state index is 5.92. The van der Waals surface area contributed by atoms with Crippen molar-refractivity contribution in [3.63, 3.8) is 0 Å². The summed E-state index contributed by atoms with van der Waals surface area (Å²) in [6.07, 6.45) is 2.65. The van der Waals surface area contributed by atoms with Crippen LogP contribution < -0.4 is 5.73 Å². The standard InChI is InChI=1S/C14H30N4O/c1-16-5-7-17(8-6-16)9-10-18-4-3-14(19-2)11-13(18)12-15/h13-14H,3-12,15H2,1-2H3. The molecule has 5 heteroatoms. The molecular weight excluding hydrogens is 240 g/mol. The number of hydrogen-bond acceptors (Lipinski definition) is 5. The van der Waals surface area contributed by atoms with Gasteiger partial charge in [0.15, 0.2) is 0 Å². The molecule has 0 amide bonds. The summed E-state index contributed by atoms with van der Waals surface area (Å²) in [5, 5.41) is 0. The summed E-state index contributed by atoms with van der Waals surface area (Å²) in [4.78, 5) is 7.55. The summed E-state index contributed by atoms with van der Waals surface area (Å²) in [5.41, 5.74) is 5.92. The molecule has 0 saturated carbocycles. The van der Waals surface area contributed by atoms with E-state index in [1.54, 1.807) is 0 Å². The van der Waals surface area contributed by atoms with E-state index in [-0.39, 0.29) is 0 Å². The monoisotopic (exact) mass is 270 g/mol. The fourth-order valence-corrected chi connectivity index (χ4v) is 3.16. The van der Waals surface area contributed by atoms with Crippen LogP contribution in [-0.4, -0.2) is 93.4 Å². The summed E-state index contributed by atoms with van der Waals surface area (Å²) < 4.78 is 5.48. The van der Waals surface area contributed by atoms with Gasteiger partial charge in [-0.3, -0.25) is 9.80 Å². The molecule has 2 unspecified atom stereocenters. The van der Waals surface area contributed by atoms with Gasteiger partial charge in [0.25, 0.3) is 0 Å². The number of methoxy groups -OCH3 is 1. The molecule has 2 saturated heterocycles. The number of ether oxygens (including phenoxy) is 1. The molecule has 112 valence electrons. The number of nitrogens with two attached hydrogens (primary N) is 1. The second-order valence-corrected chi connectivity index (χ2v) is 5.95. The smallest absolute Gasteiger partial charge is 0.0599 e. The van der Waals surface area contributed by atoms with E-state index < -0.39 is 0 Å². The average molecular weight is 270 g/mol. The van der Waals surface area contributed by atoms with Crippen LogP contribution in [0.4, 0.5) is 0 Å². The van der Waals surface area contributed by atoms with Crippen molar-refractivity contribution in [2.24, 2.45) is 5.73 Å².